The number of anilines is 1. The van der Waals surface area contributed by atoms with Gasteiger partial charge in [0.2, 0.25) is 5.69 Å². The number of carboxylic acid groups (broad SMARTS) is 1. The molecular formula is C14H9N5O8. The quantitative estimate of drug-likeness (QED) is 0.434. The molecule has 0 saturated carbocycles. The van der Waals surface area contributed by atoms with E-state index >= 15 is 0 Å². The molecule has 0 atom stereocenters. The lowest BCUT2D eigenvalue weighted by Gasteiger charge is -2.10. The van der Waals surface area contributed by atoms with Crippen LogP contribution in [-0.4, -0.2) is 38.6 Å². The van der Waals surface area contributed by atoms with Crippen LogP contribution in [0.2, 0.25) is 0 Å². The third-order valence-corrected chi connectivity index (χ3v) is 3.49. The Morgan fingerprint density at radius 3 is 2.15 bits per heavy atom. The fourth-order valence-corrected chi connectivity index (χ4v) is 2.34. The summed E-state index contributed by atoms with van der Waals surface area (Å²) in [4.78, 5) is 43.9. The molecule has 0 saturated heterocycles. The highest BCUT2D eigenvalue weighted by molar-refractivity contribution is 5.97. The lowest BCUT2D eigenvalue weighted by molar-refractivity contribution is -0.393. The zero-order chi connectivity index (χ0) is 20.5. The van der Waals surface area contributed by atoms with Gasteiger partial charge in [0.1, 0.15) is 6.07 Å². The van der Waals surface area contributed by atoms with Gasteiger partial charge in [0.05, 0.1) is 33.8 Å². The Hall–Kier alpha value is -4.47. The molecule has 2 rings (SSSR count). The minimum absolute atomic E-state index is 0.290. The zero-order valence-corrected chi connectivity index (χ0v) is 13.4. The zero-order valence-electron chi connectivity index (χ0n) is 13.4. The van der Waals surface area contributed by atoms with Gasteiger partial charge in [-0.3, -0.25) is 24.8 Å². The number of rotatable bonds is 5. The van der Waals surface area contributed by atoms with Gasteiger partial charge in [0.15, 0.2) is 5.69 Å². The van der Waals surface area contributed by atoms with Gasteiger partial charge in [-0.15, -0.1) is 0 Å². The first-order valence-electron chi connectivity index (χ1n) is 6.83. The topological polar surface area (TPSA) is 205 Å². The van der Waals surface area contributed by atoms with Crippen LogP contribution in [-0.2, 0) is 4.74 Å². The minimum atomic E-state index is -1.63. The summed E-state index contributed by atoms with van der Waals surface area (Å²) >= 11 is 0. The Labute approximate surface area is 149 Å². The number of nitriles is 1. The van der Waals surface area contributed by atoms with Crippen LogP contribution in [0.1, 0.15) is 26.4 Å². The molecule has 138 valence electrons. The molecule has 0 amide bonds. The second-order valence-corrected chi connectivity index (χ2v) is 4.96. The largest absolute Gasteiger partial charge is 0.478 e. The molecule has 0 aliphatic heterocycles. The van der Waals surface area contributed by atoms with Crippen LogP contribution in [0.4, 0.5) is 17.1 Å². The Bertz CT molecular complexity index is 1010. The van der Waals surface area contributed by atoms with Gasteiger partial charge >= 0.3 is 23.3 Å². The summed E-state index contributed by atoms with van der Waals surface area (Å²) in [6.45, 7) is 0. The molecule has 2 aromatic rings. The maximum atomic E-state index is 12.0. The summed E-state index contributed by atoms with van der Waals surface area (Å²) in [6, 6.07) is 2.83. The van der Waals surface area contributed by atoms with Crippen LogP contribution in [0, 0.1) is 31.6 Å². The van der Waals surface area contributed by atoms with Crippen LogP contribution < -0.4 is 5.73 Å². The molecule has 1 heterocycles. The lowest BCUT2D eigenvalue weighted by Crippen LogP contribution is -2.14. The highest BCUT2D eigenvalue weighted by Gasteiger charge is 2.34. The predicted molar refractivity (Wildman–Crippen MR) is 86.5 cm³/mol. The molecule has 3 N–H and O–H groups in total. The summed E-state index contributed by atoms with van der Waals surface area (Å²) < 4.78 is 5.19. The summed E-state index contributed by atoms with van der Waals surface area (Å²) in [6.07, 6.45) is 0.886. The second-order valence-electron chi connectivity index (χ2n) is 4.96. The number of methoxy groups -OCH3 is 1. The number of nitrogen functional groups attached to an aromatic ring is 1. The van der Waals surface area contributed by atoms with E-state index in [9.17, 15) is 29.8 Å². The third kappa shape index (κ3) is 3.09. The lowest BCUT2D eigenvalue weighted by atomic mass is 10.1. The van der Waals surface area contributed by atoms with E-state index in [1.54, 1.807) is 6.07 Å². The smallest absolute Gasteiger partial charge is 0.357 e. The van der Waals surface area contributed by atoms with Crippen LogP contribution >= 0.6 is 0 Å². The number of nitro benzene ring substituents is 2. The number of aromatic nitrogens is 1. The molecule has 0 unspecified atom stereocenters. The van der Waals surface area contributed by atoms with Gasteiger partial charge in [0.25, 0.3) is 0 Å². The molecule has 0 aliphatic carbocycles. The van der Waals surface area contributed by atoms with Crippen molar-refractivity contribution in [2.45, 2.75) is 0 Å². The molecule has 0 aliphatic rings. The molecule has 0 spiro atoms. The van der Waals surface area contributed by atoms with Crippen molar-refractivity contribution in [3.63, 3.8) is 0 Å². The fourth-order valence-electron chi connectivity index (χ4n) is 2.34. The number of hydrogen-bond donors (Lipinski definition) is 2. The van der Waals surface area contributed by atoms with Crippen molar-refractivity contribution in [2.75, 3.05) is 12.8 Å². The Morgan fingerprint density at radius 1 is 1.26 bits per heavy atom. The van der Waals surface area contributed by atoms with Gasteiger partial charge in [-0.2, -0.15) is 5.26 Å². The van der Waals surface area contributed by atoms with E-state index in [0.29, 0.717) is 16.7 Å². The van der Waals surface area contributed by atoms with E-state index in [-0.39, 0.29) is 5.56 Å². The van der Waals surface area contributed by atoms with E-state index in [2.05, 4.69) is 4.74 Å². The second kappa shape index (κ2) is 6.80. The summed E-state index contributed by atoms with van der Waals surface area (Å²) in [5.74, 6) is -2.74. The van der Waals surface area contributed by atoms with Gasteiger partial charge in [-0.05, 0) is 0 Å². The van der Waals surface area contributed by atoms with Gasteiger partial charge in [-0.1, -0.05) is 0 Å². The number of nitrogens with zero attached hydrogens (tertiary/aromatic N) is 4. The molecule has 1 aromatic heterocycles. The summed E-state index contributed by atoms with van der Waals surface area (Å²) in [5.41, 5.74) is 1.01. The minimum Gasteiger partial charge on any atom is -0.478 e. The maximum absolute atomic E-state index is 12.0. The SMILES string of the molecule is COC(=O)c1c(N)c(C#N)cn1-c1c([N+](=O)[O-])cc(C(=O)O)cc1[N+](=O)[O-]. The maximum Gasteiger partial charge on any atom is 0.357 e. The van der Waals surface area contributed by atoms with Gasteiger partial charge < -0.3 is 15.6 Å². The van der Waals surface area contributed by atoms with E-state index in [0.717, 1.165) is 13.3 Å². The predicted octanol–water partition coefficient (Wildman–Crippen LogP) is 1.23. The highest BCUT2D eigenvalue weighted by Crippen LogP contribution is 2.37. The van der Waals surface area contributed by atoms with Crippen molar-refractivity contribution < 1.29 is 29.3 Å². The van der Waals surface area contributed by atoms with Crippen LogP contribution in [0.5, 0.6) is 0 Å². The van der Waals surface area contributed by atoms with E-state index in [4.69, 9.17) is 16.1 Å². The highest BCUT2D eigenvalue weighted by atomic mass is 16.6. The average Bonchev–Trinajstić information content (AvgIpc) is 2.95. The number of aromatic carboxylic acids is 1. The molecule has 0 bridgehead atoms. The number of esters is 1. The molecule has 0 fully saturated rings. The van der Waals surface area contributed by atoms with E-state index < -0.39 is 55.8 Å². The first kappa shape index (κ1) is 18.9. The van der Waals surface area contributed by atoms with Gasteiger partial charge in [0, 0.05) is 18.3 Å². The molecule has 27 heavy (non-hydrogen) atoms. The third-order valence-electron chi connectivity index (χ3n) is 3.49. The van der Waals surface area contributed by atoms with Crippen molar-refractivity contribution >= 4 is 29.0 Å². The first-order chi connectivity index (χ1) is 12.6. The number of carbonyl (C=O) groups excluding carboxylic acids is 1. The number of carbonyl (C=O) groups is 2. The number of hydrogen-bond acceptors (Lipinski definition) is 9. The number of benzene rings is 1. The molecular weight excluding hydrogens is 366 g/mol. The number of nitro groups is 2. The van der Waals surface area contributed by atoms with Gasteiger partial charge in [-0.25, -0.2) is 9.59 Å². The first-order valence-corrected chi connectivity index (χ1v) is 6.83. The van der Waals surface area contributed by atoms with E-state index in [1.807, 2.05) is 0 Å². The van der Waals surface area contributed by atoms with Crippen molar-refractivity contribution in [3.8, 4) is 11.8 Å². The Morgan fingerprint density at radius 2 is 1.78 bits per heavy atom. The van der Waals surface area contributed by atoms with Crippen molar-refractivity contribution in [3.05, 3.63) is 55.4 Å². The number of carboxylic acids is 1. The fraction of sp³-hybridized carbons (Fsp3) is 0.0714. The Kier molecular flexibility index (Phi) is 4.75. The average molecular weight is 375 g/mol. The van der Waals surface area contributed by atoms with Crippen LogP contribution in [0.25, 0.3) is 5.69 Å². The molecule has 0 radical (unpaired) electrons. The monoisotopic (exact) mass is 375 g/mol. The number of nitrogens with two attached hydrogens (primary N) is 1. The molecule has 1 aromatic carbocycles. The molecule has 13 heteroatoms. The Balaban J connectivity index is 3.05. The van der Waals surface area contributed by atoms with Crippen LogP contribution in [0.3, 0.4) is 0 Å². The summed E-state index contributed by atoms with van der Waals surface area (Å²) in [5, 5.41) is 41.0. The van der Waals surface area contributed by atoms with Crippen molar-refractivity contribution in [1.82, 2.24) is 4.57 Å². The van der Waals surface area contributed by atoms with Crippen molar-refractivity contribution in [1.29, 1.82) is 5.26 Å². The van der Waals surface area contributed by atoms with E-state index in [1.165, 1.54) is 0 Å². The van der Waals surface area contributed by atoms with Crippen molar-refractivity contribution in [2.24, 2.45) is 0 Å². The van der Waals surface area contributed by atoms with Crippen LogP contribution in [0.15, 0.2) is 18.3 Å². The standard InChI is InChI=1S/C14H9N5O8/c1-27-14(22)12-10(16)7(4-15)5-17(12)11-8(18(23)24)2-6(13(20)21)3-9(11)19(25)26/h2-3,5H,16H2,1H3,(H,20,21). The molecule has 13 nitrogen and oxygen atoms in total. The normalized spacial score (nSPS) is 10.1. The number of ether oxygens (including phenoxy) is 1. The summed E-state index contributed by atoms with van der Waals surface area (Å²) in [7, 11) is 0.974.